The summed E-state index contributed by atoms with van der Waals surface area (Å²) in [7, 11) is 0. The van der Waals surface area contributed by atoms with Crippen molar-refractivity contribution in [1.82, 2.24) is 0 Å². The van der Waals surface area contributed by atoms with Crippen molar-refractivity contribution < 1.29 is 9.18 Å². The average molecular weight is 289 g/mol. The molecule has 3 heteroatoms. The molecule has 0 spiro atoms. The summed E-state index contributed by atoms with van der Waals surface area (Å²) in [4.78, 5) is 12.0. The summed E-state index contributed by atoms with van der Waals surface area (Å²) in [5.74, 6) is 0.537. The Labute approximate surface area is 126 Å². The number of halogens is 1. The minimum Gasteiger partial charge on any atom is -0.361 e. The largest absolute Gasteiger partial charge is 0.361 e. The van der Waals surface area contributed by atoms with Gasteiger partial charge in [0.15, 0.2) is 5.78 Å². The Morgan fingerprint density at radius 2 is 2.05 bits per heavy atom. The van der Waals surface area contributed by atoms with Gasteiger partial charge in [-0.1, -0.05) is 20.8 Å². The summed E-state index contributed by atoms with van der Waals surface area (Å²) < 4.78 is 13.2. The van der Waals surface area contributed by atoms with E-state index < -0.39 is 0 Å². The maximum atomic E-state index is 13.2. The van der Waals surface area contributed by atoms with Crippen LogP contribution in [0.5, 0.6) is 0 Å². The van der Waals surface area contributed by atoms with Gasteiger partial charge in [0.2, 0.25) is 0 Å². The lowest BCUT2D eigenvalue weighted by Gasteiger charge is -2.34. The van der Waals surface area contributed by atoms with E-state index in [9.17, 15) is 9.18 Å². The van der Waals surface area contributed by atoms with Crippen LogP contribution in [0.2, 0.25) is 0 Å². The van der Waals surface area contributed by atoms with Gasteiger partial charge in [-0.3, -0.25) is 4.79 Å². The predicted octanol–water partition coefficient (Wildman–Crippen LogP) is 4.85. The van der Waals surface area contributed by atoms with Gasteiger partial charge < -0.3 is 5.32 Å². The van der Waals surface area contributed by atoms with Crippen LogP contribution in [0.4, 0.5) is 10.1 Å². The van der Waals surface area contributed by atoms with Gasteiger partial charge in [0, 0.05) is 23.9 Å². The average Bonchev–Trinajstić information content (AvgIpc) is 2.40. The van der Waals surface area contributed by atoms with Gasteiger partial charge in [-0.2, -0.15) is 0 Å². The quantitative estimate of drug-likeness (QED) is 0.789. The molecule has 2 nitrogen and oxygen atoms in total. The summed E-state index contributed by atoms with van der Waals surface area (Å²) in [6.45, 7) is 8.40. The van der Waals surface area contributed by atoms with Crippen LogP contribution in [0.15, 0.2) is 30.0 Å². The highest BCUT2D eigenvalue weighted by Crippen LogP contribution is 2.38. The molecule has 0 radical (unpaired) electrons. The highest BCUT2D eigenvalue weighted by atomic mass is 19.1. The molecule has 1 fully saturated rings. The fraction of sp³-hybridized carbons (Fsp3) is 0.500. The molecular formula is C18H24FNO. The number of allylic oxidation sites excluding steroid dienone is 1. The number of hydrogen-bond acceptors (Lipinski definition) is 2. The molecule has 0 amide bonds. The zero-order valence-electron chi connectivity index (χ0n) is 13.3. The number of rotatable bonds is 2. The molecule has 0 bridgehead atoms. The van der Waals surface area contributed by atoms with E-state index >= 15 is 0 Å². The van der Waals surface area contributed by atoms with Gasteiger partial charge in [-0.25, -0.2) is 4.39 Å². The third-order valence-electron chi connectivity index (χ3n) is 4.34. The van der Waals surface area contributed by atoms with Gasteiger partial charge in [-0.15, -0.1) is 0 Å². The second-order valence-electron chi connectivity index (χ2n) is 7.01. The minimum atomic E-state index is -0.213. The van der Waals surface area contributed by atoms with E-state index in [-0.39, 0.29) is 17.0 Å². The lowest BCUT2D eigenvalue weighted by Crippen LogP contribution is -2.27. The van der Waals surface area contributed by atoms with Gasteiger partial charge in [0.05, 0.1) is 0 Å². The number of hydrogen-bond donors (Lipinski definition) is 1. The number of ketones is 1. The molecule has 114 valence electrons. The number of Topliss-reactive ketones (excluding diaryl/α,β-unsaturated/α-hetero) is 1. The number of aryl methyl sites for hydroxylation is 1. The summed E-state index contributed by atoms with van der Waals surface area (Å²) in [5.41, 5.74) is 2.47. The standard InChI is InChI=1S/C18H24FNO/c1-12-9-15(6-7-16(12)19)20-11-13-10-14(18(2,3)4)5-8-17(13)21/h6-7,9,11,14,20H,5,8,10H2,1-4H3/b13-11+/t14-/m0/s1. The van der Waals surface area contributed by atoms with Crippen molar-refractivity contribution in [3.63, 3.8) is 0 Å². The molecule has 1 saturated carbocycles. The Kier molecular flexibility index (Phi) is 4.50. The topological polar surface area (TPSA) is 29.1 Å². The third-order valence-corrected chi connectivity index (χ3v) is 4.34. The number of nitrogens with one attached hydrogen (secondary N) is 1. The van der Waals surface area contributed by atoms with Gasteiger partial charge in [0.25, 0.3) is 0 Å². The molecule has 1 aliphatic carbocycles. The molecule has 1 aromatic rings. The zero-order valence-corrected chi connectivity index (χ0v) is 13.3. The first-order valence-corrected chi connectivity index (χ1v) is 7.52. The third kappa shape index (κ3) is 3.93. The molecule has 1 aliphatic rings. The van der Waals surface area contributed by atoms with E-state index in [2.05, 4.69) is 26.1 Å². The first-order chi connectivity index (χ1) is 9.77. The summed E-state index contributed by atoms with van der Waals surface area (Å²) in [5, 5.41) is 3.14. The highest BCUT2D eigenvalue weighted by Gasteiger charge is 2.31. The Bertz CT molecular complexity index is 569. The van der Waals surface area contributed by atoms with Crippen molar-refractivity contribution in [3.8, 4) is 0 Å². The van der Waals surface area contributed by atoms with E-state index in [1.54, 1.807) is 25.3 Å². The monoisotopic (exact) mass is 289 g/mol. The van der Waals surface area contributed by atoms with Crippen molar-refractivity contribution in [1.29, 1.82) is 0 Å². The Morgan fingerprint density at radius 1 is 1.33 bits per heavy atom. The van der Waals surface area contributed by atoms with Crippen LogP contribution in [0.3, 0.4) is 0 Å². The number of anilines is 1. The molecule has 1 atom stereocenters. The second-order valence-corrected chi connectivity index (χ2v) is 7.01. The van der Waals surface area contributed by atoms with Crippen molar-refractivity contribution >= 4 is 11.5 Å². The molecular weight excluding hydrogens is 265 g/mol. The van der Waals surface area contributed by atoms with E-state index in [4.69, 9.17) is 0 Å². The highest BCUT2D eigenvalue weighted by molar-refractivity contribution is 5.96. The summed E-state index contributed by atoms with van der Waals surface area (Å²) in [6.07, 6.45) is 4.20. The van der Waals surface area contributed by atoms with E-state index in [1.165, 1.54) is 6.07 Å². The first-order valence-electron chi connectivity index (χ1n) is 7.52. The van der Waals surface area contributed by atoms with Crippen LogP contribution in [-0.4, -0.2) is 5.78 Å². The lowest BCUT2D eigenvalue weighted by molar-refractivity contribution is -0.117. The first kappa shape index (κ1) is 15.7. The van der Waals surface area contributed by atoms with Crippen LogP contribution in [0.25, 0.3) is 0 Å². The Hall–Kier alpha value is -1.64. The molecule has 0 aromatic heterocycles. The molecule has 0 saturated heterocycles. The van der Waals surface area contributed by atoms with Crippen LogP contribution in [0, 0.1) is 24.1 Å². The number of carbonyl (C=O) groups is 1. The van der Waals surface area contributed by atoms with Gasteiger partial charge in [-0.05, 0) is 54.9 Å². The van der Waals surface area contributed by atoms with E-state index in [0.29, 0.717) is 17.9 Å². The summed E-state index contributed by atoms with van der Waals surface area (Å²) >= 11 is 0. The van der Waals surface area contributed by atoms with Crippen LogP contribution < -0.4 is 5.32 Å². The predicted molar refractivity (Wildman–Crippen MR) is 84.6 cm³/mol. The van der Waals surface area contributed by atoms with E-state index in [0.717, 1.165) is 24.1 Å². The molecule has 0 aliphatic heterocycles. The fourth-order valence-corrected chi connectivity index (χ4v) is 2.73. The number of benzene rings is 1. The maximum Gasteiger partial charge on any atom is 0.160 e. The molecule has 2 rings (SSSR count). The van der Waals surface area contributed by atoms with Gasteiger partial charge in [0.1, 0.15) is 5.82 Å². The van der Waals surface area contributed by atoms with E-state index in [1.807, 2.05) is 0 Å². The molecule has 1 N–H and O–H groups in total. The van der Waals surface area contributed by atoms with Crippen molar-refractivity contribution in [2.24, 2.45) is 11.3 Å². The van der Waals surface area contributed by atoms with Gasteiger partial charge >= 0.3 is 0 Å². The summed E-state index contributed by atoms with van der Waals surface area (Å²) in [6, 6.07) is 4.88. The van der Waals surface area contributed by atoms with Crippen molar-refractivity contribution in [2.75, 3.05) is 5.32 Å². The maximum absolute atomic E-state index is 13.2. The Morgan fingerprint density at radius 3 is 2.67 bits per heavy atom. The normalized spacial score (nSPS) is 21.7. The second kappa shape index (κ2) is 6.00. The smallest absolute Gasteiger partial charge is 0.160 e. The molecule has 0 unspecified atom stereocenters. The Balaban J connectivity index is 2.11. The fourth-order valence-electron chi connectivity index (χ4n) is 2.73. The molecule has 1 aromatic carbocycles. The van der Waals surface area contributed by atoms with Crippen molar-refractivity contribution in [2.45, 2.75) is 47.0 Å². The lowest BCUT2D eigenvalue weighted by atomic mass is 9.71. The zero-order chi connectivity index (χ0) is 15.6. The number of carbonyl (C=O) groups excluding carboxylic acids is 1. The van der Waals surface area contributed by atoms with Crippen LogP contribution >= 0.6 is 0 Å². The van der Waals surface area contributed by atoms with Crippen LogP contribution in [0.1, 0.15) is 45.6 Å². The molecule has 0 heterocycles. The van der Waals surface area contributed by atoms with Crippen molar-refractivity contribution in [3.05, 3.63) is 41.4 Å². The molecule has 21 heavy (non-hydrogen) atoms. The minimum absolute atomic E-state index is 0.213. The van der Waals surface area contributed by atoms with Crippen LogP contribution in [-0.2, 0) is 4.79 Å². The SMILES string of the molecule is Cc1cc(N/C=C2\C[C@@H](C(C)(C)C)CCC2=O)ccc1F.